The molecule has 1 aliphatic rings. The first-order valence-electron chi connectivity index (χ1n) is 5.04. The van der Waals surface area contributed by atoms with Gasteiger partial charge in [0.05, 0.1) is 0 Å². The third-order valence-corrected chi connectivity index (χ3v) is 2.32. The van der Waals surface area contributed by atoms with E-state index in [1.54, 1.807) is 0 Å². The van der Waals surface area contributed by atoms with Crippen molar-refractivity contribution >= 4 is 0 Å². The number of hydrogen-bond donors (Lipinski definition) is 2. The van der Waals surface area contributed by atoms with Gasteiger partial charge in [0.25, 0.3) is 0 Å². The molecular weight excluding hydrogens is 148 g/mol. The Bertz CT molecular complexity index is 120. The fraction of sp³-hybridized carbons (Fsp3) is 1.00. The maximum atomic E-state index is 3.55. The third kappa shape index (κ3) is 4.07. The summed E-state index contributed by atoms with van der Waals surface area (Å²) in [6, 6.07) is 0. The van der Waals surface area contributed by atoms with Crippen LogP contribution in [0.2, 0.25) is 0 Å². The van der Waals surface area contributed by atoms with Crippen molar-refractivity contribution in [2.24, 2.45) is 5.92 Å². The van der Waals surface area contributed by atoms with E-state index < -0.39 is 0 Å². The molecule has 0 aliphatic carbocycles. The van der Waals surface area contributed by atoms with E-state index in [0.717, 1.165) is 12.5 Å². The van der Waals surface area contributed by atoms with Crippen LogP contribution in [0.1, 0.15) is 33.6 Å². The van der Waals surface area contributed by atoms with Crippen LogP contribution in [0.5, 0.6) is 0 Å². The van der Waals surface area contributed by atoms with Gasteiger partial charge in [-0.25, -0.2) is 0 Å². The quantitative estimate of drug-likeness (QED) is 0.654. The Morgan fingerprint density at radius 2 is 2.17 bits per heavy atom. The molecule has 2 heteroatoms. The molecule has 12 heavy (non-hydrogen) atoms. The standard InChI is InChI=1S/C10H22N2/c1-10(2,3)12-8-9-5-4-6-11-7-9/h9,11-12H,4-8H2,1-3H3/t9-/m0/s1. The average molecular weight is 170 g/mol. The normalized spacial score (nSPS) is 25.8. The Balaban J connectivity index is 2.13. The fourth-order valence-electron chi connectivity index (χ4n) is 1.55. The lowest BCUT2D eigenvalue weighted by molar-refractivity contribution is 0.317. The van der Waals surface area contributed by atoms with Gasteiger partial charge in [0.2, 0.25) is 0 Å². The van der Waals surface area contributed by atoms with Gasteiger partial charge in [-0.15, -0.1) is 0 Å². The Kier molecular flexibility index (Phi) is 3.53. The molecule has 0 unspecified atom stereocenters. The summed E-state index contributed by atoms with van der Waals surface area (Å²) in [5, 5.41) is 6.98. The summed E-state index contributed by atoms with van der Waals surface area (Å²) in [5.74, 6) is 0.845. The van der Waals surface area contributed by atoms with E-state index in [9.17, 15) is 0 Å². The lowest BCUT2D eigenvalue weighted by Crippen LogP contribution is -2.43. The van der Waals surface area contributed by atoms with Crippen LogP contribution in [0.15, 0.2) is 0 Å². The van der Waals surface area contributed by atoms with E-state index in [1.807, 2.05) is 0 Å². The van der Waals surface area contributed by atoms with E-state index >= 15 is 0 Å². The van der Waals surface area contributed by atoms with Crippen molar-refractivity contribution in [2.75, 3.05) is 19.6 Å². The number of hydrogen-bond acceptors (Lipinski definition) is 2. The number of rotatable bonds is 2. The SMILES string of the molecule is CC(C)(C)NC[C@H]1CCCNC1. The second kappa shape index (κ2) is 4.24. The van der Waals surface area contributed by atoms with Gasteiger partial charge in [-0.3, -0.25) is 0 Å². The van der Waals surface area contributed by atoms with Crippen LogP contribution in [0.4, 0.5) is 0 Å². The van der Waals surface area contributed by atoms with Gasteiger partial charge >= 0.3 is 0 Å². The molecule has 2 nitrogen and oxygen atoms in total. The molecule has 0 bridgehead atoms. The predicted molar refractivity (Wildman–Crippen MR) is 53.3 cm³/mol. The van der Waals surface area contributed by atoms with Crippen LogP contribution in [0.3, 0.4) is 0 Å². The van der Waals surface area contributed by atoms with Crippen molar-refractivity contribution in [1.82, 2.24) is 10.6 Å². The Morgan fingerprint density at radius 1 is 1.42 bits per heavy atom. The molecule has 1 atom stereocenters. The minimum absolute atomic E-state index is 0.275. The van der Waals surface area contributed by atoms with Crippen LogP contribution < -0.4 is 10.6 Å². The smallest absolute Gasteiger partial charge is 0.00966 e. The van der Waals surface area contributed by atoms with E-state index in [0.29, 0.717) is 0 Å². The molecule has 0 spiro atoms. The van der Waals surface area contributed by atoms with E-state index in [2.05, 4.69) is 31.4 Å². The predicted octanol–water partition coefficient (Wildman–Crippen LogP) is 1.37. The van der Waals surface area contributed by atoms with Crippen LogP contribution in [0, 0.1) is 5.92 Å². The second-order valence-electron chi connectivity index (χ2n) is 4.84. The highest BCUT2D eigenvalue weighted by atomic mass is 15.0. The summed E-state index contributed by atoms with van der Waals surface area (Å²) in [6.45, 7) is 10.3. The zero-order valence-corrected chi connectivity index (χ0v) is 8.61. The molecule has 2 N–H and O–H groups in total. The highest BCUT2D eigenvalue weighted by molar-refractivity contribution is 4.76. The number of nitrogens with one attached hydrogen (secondary N) is 2. The average Bonchev–Trinajstić information content (AvgIpc) is 2.02. The van der Waals surface area contributed by atoms with Crippen molar-refractivity contribution in [1.29, 1.82) is 0 Å². The van der Waals surface area contributed by atoms with Crippen LogP contribution >= 0.6 is 0 Å². The van der Waals surface area contributed by atoms with Crippen molar-refractivity contribution in [2.45, 2.75) is 39.2 Å². The first-order valence-corrected chi connectivity index (χ1v) is 5.04. The molecule has 1 heterocycles. The number of piperidine rings is 1. The van der Waals surface area contributed by atoms with Gasteiger partial charge in [-0.1, -0.05) is 0 Å². The highest BCUT2D eigenvalue weighted by Crippen LogP contribution is 2.10. The summed E-state index contributed by atoms with van der Waals surface area (Å²) >= 11 is 0. The van der Waals surface area contributed by atoms with Crippen LogP contribution in [-0.2, 0) is 0 Å². The summed E-state index contributed by atoms with van der Waals surface area (Å²) in [4.78, 5) is 0. The maximum absolute atomic E-state index is 3.55. The monoisotopic (exact) mass is 170 g/mol. The minimum Gasteiger partial charge on any atom is -0.316 e. The molecular formula is C10H22N2. The molecule has 0 saturated carbocycles. The topological polar surface area (TPSA) is 24.1 Å². The lowest BCUT2D eigenvalue weighted by atomic mass is 9.98. The molecule has 0 amide bonds. The van der Waals surface area contributed by atoms with Crippen molar-refractivity contribution in [3.05, 3.63) is 0 Å². The minimum atomic E-state index is 0.275. The lowest BCUT2D eigenvalue weighted by Gasteiger charge is -2.28. The first kappa shape index (κ1) is 10.0. The molecule has 1 aliphatic heterocycles. The van der Waals surface area contributed by atoms with Crippen molar-refractivity contribution < 1.29 is 0 Å². The maximum Gasteiger partial charge on any atom is 0.00966 e. The molecule has 1 fully saturated rings. The van der Waals surface area contributed by atoms with Gasteiger partial charge in [-0.2, -0.15) is 0 Å². The third-order valence-electron chi connectivity index (χ3n) is 2.32. The van der Waals surface area contributed by atoms with Gasteiger partial charge in [-0.05, 0) is 59.2 Å². The summed E-state index contributed by atoms with van der Waals surface area (Å²) in [6.07, 6.45) is 2.73. The summed E-state index contributed by atoms with van der Waals surface area (Å²) < 4.78 is 0. The van der Waals surface area contributed by atoms with Gasteiger partial charge < -0.3 is 10.6 Å². The Labute approximate surface area is 76.1 Å². The van der Waals surface area contributed by atoms with Crippen LogP contribution in [0.25, 0.3) is 0 Å². The largest absolute Gasteiger partial charge is 0.316 e. The van der Waals surface area contributed by atoms with Gasteiger partial charge in [0, 0.05) is 5.54 Å². The van der Waals surface area contributed by atoms with Gasteiger partial charge in [0.15, 0.2) is 0 Å². The zero-order valence-electron chi connectivity index (χ0n) is 8.61. The molecule has 0 aromatic rings. The molecule has 1 rings (SSSR count). The second-order valence-corrected chi connectivity index (χ2v) is 4.84. The van der Waals surface area contributed by atoms with Crippen LogP contribution in [-0.4, -0.2) is 25.2 Å². The van der Waals surface area contributed by atoms with E-state index in [4.69, 9.17) is 0 Å². The van der Waals surface area contributed by atoms with Crippen molar-refractivity contribution in [3.63, 3.8) is 0 Å². The van der Waals surface area contributed by atoms with Crippen molar-refractivity contribution in [3.8, 4) is 0 Å². The zero-order chi connectivity index (χ0) is 9.03. The first-order chi connectivity index (χ1) is 5.58. The summed E-state index contributed by atoms with van der Waals surface area (Å²) in [7, 11) is 0. The molecule has 1 saturated heterocycles. The highest BCUT2D eigenvalue weighted by Gasteiger charge is 2.15. The van der Waals surface area contributed by atoms with E-state index in [1.165, 1.54) is 25.9 Å². The molecule has 0 aromatic carbocycles. The Hall–Kier alpha value is -0.0800. The molecule has 72 valence electrons. The van der Waals surface area contributed by atoms with E-state index in [-0.39, 0.29) is 5.54 Å². The Morgan fingerprint density at radius 3 is 2.67 bits per heavy atom. The van der Waals surface area contributed by atoms with Gasteiger partial charge in [0.1, 0.15) is 0 Å². The molecule has 0 aromatic heterocycles. The summed E-state index contributed by atoms with van der Waals surface area (Å²) in [5.41, 5.74) is 0.275. The molecule has 0 radical (unpaired) electrons. The fourth-order valence-corrected chi connectivity index (χ4v) is 1.55.